The molecule has 31 heavy (non-hydrogen) atoms. The second-order valence-corrected chi connectivity index (χ2v) is 7.97. The molecule has 2 aromatic carbocycles. The van der Waals surface area contributed by atoms with E-state index in [1.54, 1.807) is 7.11 Å². The van der Waals surface area contributed by atoms with Crippen molar-refractivity contribution in [1.29, 1.82) is 0 Å². The Labute approximate surface area is 184 Å². The summed E-state index contributed by atoms with van der Waals surface area (Å²) in [5.41, 5.74) is 1.92. The van der Waals surface area contributed by atoms with Crippen LogP contribution < -0.4 is 10.6 Å². The van der Waals surface area contributed by atoms with Crippen LogP contribution >= 0.6 is 11.3 Å². The molecule has 0 spiro atoms. The van der Waals surface area contributed by atoms with Crippen LogP contribution in [-0.4, -0.2) is 49.4 Å². The van der Waals surface area contributed by atoms with Crippen LogP contribution in [0.5, 0.6) is 0 Å². The van der Waals surface area contributed by atoms with E-state index in [2.05, 4.69) is 44.9 Å². The summed E-state index contributed by atoms with van der Waals surface area (Å²) in [5.74, 6) is 0.357. The molecule has 2 heterocycles. The molecule has 0 saturated carbocycles. The van der Waals surface area contributed by atoms with Gasteiger partial charge in [-0.1, -0.05) is 36.4 Å². The number of nitrogens with zero attached hydrogens (tertiary/aromatic N) is 2. The number of ether oxygens (including phenoxy) is 2. The van der Waals surface area contributed by atoms with Crippen molar-refractivity contribution in [3.05, 3.63) is 59.2 Å². The van der Waals surface area contributed by atoms with Crippen LogP contribution in [-0.2, 0) is 9.47 Å². The van der Waals surface area contributed by atoms with Gasteiger partial charge in [0.15, 0.2) is 0 Å². The fraction of sp³-hybridized carbons (Fsp3) is 0.261. The number of esters is 1. The maximum Gasteiger partial charge on any atom is 0.348 e. The first-order valence-electron chi connectivity index (χ1n) is 10.0. The Bertz CT molecular complexity index is 1200. The van der Waals surface area contributed by atoms with Crippen LogP contribution in [0.2, 0.25) is 0 Å². The van der Waals surface area contributed by atoms with Crippen LogP contribution in [0, 0.1) is 6.92 Å². The van der Waals surface area contributed by atoms with Crippen molar-refractivity contribution in [3.63, 3.8) is 0 Å². The summed E-state index contributed by atoms with van der Waals surface area (Å²) in [6, 6.07) is 14.5. The molecule has 4 aromatic rings. The molecule has 0 radical (unpaired) electrons. The third-order valence-corrected chi connectivity index (χ3v) is 6.14. The minimum absolute atomic E-state index is 0.222. The lowest BCUT2D eigenvalue weighted by atomic mass is 10.1. The molecule has 7 nitrogen and oxygen atoms in total. The number of hydrogen-bond acceptors (Lipinski definition) is 8. The lowest BCUT2D eigenvalue weighted by molar-refractivity contribution is 0.0393. The van der Waals surface area contributed by atoms with Gasteiger partial charge in [0.05, 0.1) is 12.0 Å². The highest BCUT2D eigenvalue weighted by Gasteiger charge is 2.20. The van der Waals surface area contributed by atoms with Gasteiger partial charge >= 0.3 is 5.97 Å². The van der Waals surface area contributed by atoms with Gasteiger partial charge in [-0.05, 0) is 23.9 Å². The average molecular weight is 437 g/mol. The number of anilines is 2. The number of thiophene rings is 1. The van der Waals surface area contributed by atoms with E-state index in [1.807, 2.05) is 25.1 Å². The van der Waals surface area contributed by atoms with Gasteiger partial charge in [0.1, 0.15) is 28.5 Å². The van der Waals surface area contributed by atoms with Crippen molar-refractivity contribution in [2.45, 2.75) is 6.92 Å². The molecule has 160 valence electrons. The number of hydrogen-bond donors (Lipinski definition) is 2. The second kappa shape index (κ2) is 9.72. The minimum Gasteiger partial charge on any atom is -0.459 e. The molecular weight excluding hydrogens is 412 g/mol. The van der Waals surface area contributed by atoms with E-state index in [9.17, 15) is 4.79 Å². The summed E-state index contributed by atoms with van der Waals surface area (Å²) in [4.78, 5) is 22.4. The summed E-state index contributed by atoms with van der Waals surface area (Å²) in [5, 5.41) is 10.1. The number of aryl methyl sites for hydroxylation is 1. The lowest BCUT2D eigenvalue weighted by Gasteiger charge is -2.11. The van der Waals surface area contributed by atoms with Gasteiger partial charge in [-0.2, -0.15) is 0 Å². The molecular formula is C23H24N4O3S. The number of rotatable bonds is 9. The molecule has 0 amide bonds. The third kappa shape index (κ3) is 4.60. The van der Waals surface area contributed by atoms with E-state index < -0.39 is 0 Å². The van der Waals surface area contributed by atoms with Crippen molar-refractivity contribution in [3.8, 4) is 0 Å². The van der Waals surface area contributed by atoms with Gasteiger partial charge in [0.25, 0.3) is 0 Å². The highest BCUT2D eigenvalue weighted by Crippen LogP contribution is 2.33. The molecule has 0 aliphatic rings. The third-order valence-electron chi connectivity index (χ3n) is 4.96. The fourth-order valence-corrected chi connectivity index (χ4v) is 4.48. The van der Waals surface area contributed by atoms with E-state index in [4.69, 9.17) is 9.47 Å². The topological polar surface area (TPSA) is 85.4 Å². The fourth-order valence-electron chi connectivity index (χ4n) is 3.44. The number of nitrogens with one attached hydrogen (secondary N) is 2. The predicted molar refractivity (Wildman–Crippen MR) is 125 cm³/mol. The normalized spacial score (nSPS) is 11.0. The monoisotopic (exact) mass is 436 g/mol. The van der Waals surface area contributed by atoms with Crippen molar-refractivity contribution in [2.75, 3.05) is 44.0 Å². The van der Waals surface area contributed by atoms with Crippen molar-refractivity contribution in [1.82, 2.24) is 9.97 Å². The second-order valence-electron chi connectivity index (χ2n) is 6.97. The molecule has 2 N–H and O–H groups in total. The zero-order valence-corrected chi connectivity index (χ0v) is 18.3. The zero-order chi connectivity index (χ0) is 21.6. The molecule has 2 aromatic heterocycles. The molecule has 0 aliphatic carbocycles. The quantitative estimate of drug-likeness (QED) is 0.296. The van der Waals surface area contributed by atoms with Gasteiger partial charge < -0.3 is 20.1 Å². The Kier molecular flexibility index (Phi) is 6.59. The number of methoxy groups -OCH3 is 1. The minimum atomic E-state index is -0.360. The molecule has 8 heteroatoms. The first kappa shape index (κ1) is 21.0. The van der Waals surface area contributed by atoms with Crippen molar-refractivity contribution in [2.24, 2.45) is 0 Å². The lowest BCUT2D eigenvalue weighted by Crippen LogP contribution is -2.15. The molecule has 0 bridgehead atoms. The molecule has 0 aliphatic heterocycles. The SMILES string of the molecule is COCCOC(=O)c1sc2ncnc(NCCNc3cccc4ccccc34)c2c1C. The van der Waals surface area contributed by atoms with E-state index in [0.717, 1.165) is 27.3 Å². The van der Waals surface area contributed by atoms with Crippen LogP contribution in [0.15, 0.2) is 48.8 Å². The van der Waals surface area contributed by atoms with Crippen LogP contribution in [0.3, 0.4) is 0 Å². The van der Waals surface area contributed by atoms with Crippen molar-refractivity contribution >= 4 is 49.8 Å². The van der Waals surface area contributed by atoms with E-state index in [0.29, 0.717) is 24.6 Å². The van der Waals surface area contributed by atoms with Crippen molar-refractivity contribution < 1.29 is 14.3 Å². The number of aromatic nitrogens is 2. The Balaban J connectivity index is 1.44. The Morgan fingerprint density at radius 1 is 1.03 bits per heavy atom. The largest absolute Gasteiger partial charge is 0.459 e. The average Bonchev–Trinajstić information content (AvgIpc) is 3.14. The summed E-state index contributed by atoms with van der Waals surface area (Å²) >= 11 is 1.32. The first-order chi connectivity index (χ1) is 15.2. The maximum absolute atomic E-state index is 12.4. The van der Waals surface area contributed by atoms with Gasteiger partial charge in [0, 0.05) is 31.3 Å². The highest BCUT2D eigenvalue weighted by atomic mass is 32.1. The molecule has 0 unspecified atom stereocenters. The summed E-state index contributed by atoms with van der Waals surface area (Å²) in [6.07, 6.45) is 1.51. The van der Waals surface area contributed by atoms with Gasteiger partial charge in [-0.15, -0.1) is 11.3 Å². The van der Waals surface area contributed by atoms with Crippen LogP contribution in [0.25, 0.3) is 21.0 Å². The van der Waals surface area contributed by atoms with Gasteiger partial charge in [-0.3, -0.25) is 0 Å². The Hall–Kier alpha value is -3.23. The first-order valence-corrected chi connectivity index (χ1v) is 10.9. The van der Waals surface area contributed by atoms with E-state index in [1.165, 1.54) is 28.4 Å². The van der Waals surface area contributed by atoms with Crippen LogP contribution in [0.1, 0.15) is 15.2 Å². The standard InChI is InChI=1S/C23H24N4O3S/c1-15-19-21(26-14-27-22(19)31-20(15)23(28)30-13-12-29-2)25-11-10-24-18-9-5-7-16-6-3-4-8-17(16)18/h3-9,14,24H,10-13H2,1-2H3,(H,25,26,27). The summed E-state index contributed by atoms with van der Waals surface area (Å²) < 4.78 is 10.2. The smallest absolute Gasteiger partial charge is 0.348 e. The van der Waals surface area contributed by atoms with Gasteiger partial charge in [-0.25, -0.2) is 14.8 Å². The number of carbonyl (C=O) groups is 1. The Morgan fingerprint density at radius 2 is 1.84 bits per heavy atom. The predicted octanol–water partition coefficient (Wildman–Crippen LogP) is 4.48. The molecule has 4 rings (SSSR count). The van der Waals surface area contributed by atoms with Crippen LogP contribution in [0.4, 0.5) is 11.5 Å². The number of carbonyl (C=O) groups excluding carboxylic acids is 1. The maximum atomic E-state index is 12.4. The highest BCUT2D eigenvalue weighted by molar-refractivity contribution is 7.20. The van der Waals surface area contributed by atoms with Gasteiger partial charge in [0.2, 0.25) is 0 Å². The van der Waals surface area contributed by atoms with E-state index >= 15 is 0 Å². The zero-order valence-electron chi connectivity index (χ0n) is 17.5. The summed E-state index contributed by atoms with van der Waals surface area (Å²) in [6.45, 7) is 3.87. The Morgan fingerprint density at radius 3 is 2.71 bits per heavy atom. The molecule has 0 saturated heterocycles. The molecule has 0 fully saturated rings. The summed E-state index contributed by atoms with van der Waals surface area (Å²) in [7, 11) is 1.57. The molecule has 0 atom stereocenters. The van der Waals surface area contributed by atoms with E-state index in [-0.39, 0.29) is 12.6 Å². The number of fused-ring (bicyclic) bond motifs is 2. The number of benzene rings is 2.